The lowest BCUT2D eigenvalue weighted by Gasteiger charge is -2.19. The van der Waals surface area contributed by atoms with Crippen LogP contribution in [0.1, 0.15) is 25.8 Å². The molecule has 2 atom stereocenters. The van der Waals surface area contributed by atoms with Crippen LogP contribution in [0.5, 0.6) is 0 Å². The summed E-state index contributed by atoms with van der Waals surface area (Å²) in [5.41, 5.74) is 0.267. The van der Waals surface area contributed by atoms with Gasteiger partial charge in [-0.05, 0) is 18.1 Å². The number of carbonyl (C=O) groups is 2. The number of nitrogens with zero attached hydrogens (tertiary/aromatic N) is 1. The first-order valence-electron chi connectivity index (χ1n) is 7.31. The van der Waals surface area contributed by atoms with Crippen molar-refractivity contribution in [3.05, 3.63) is 29.8 Å². The van der Waals surface area contributed by atoms with Crippen LogP contribution in [0.3, 0.4) is 0 Å². The second-order valence-corrected chi connectivity index (χ2v) is 5.65. The van der Waals surface area contributed by atoms with Crippen molar-refractivity contribution in [2.75, 3.05) is 18.5 Å². The third-order valence-electron chi connectivity index (χ3n) is 4.14. The summed E-state index contributed by atoms with van der Waals surface area (Å²) < 4.78 is 26.9. The average molecular weight is 310 g/mol. The van der Waals surface area contributed by atoms with Gasteiger partial charge in [0.25, 0.3) is 5.92 Å². The highest BCUT2D eigenvalue weighted by Gasteiger charge is 2.44. The third kappa shape index (κ3) is 2.96. The number of rotatable bonds is 4. The Morgan fingerprint density at radius 3 is 2.68 bits per heavy atom. The summed E-state index contributed by atoms with van der Waals surface area (Å²) in [7, 11) is 1.49. The highest BCUT2D eigenvalue weighted by atomic mass is 19.3. The van der Waals surface area contributed by atoms with Crippen LogP contribution >= 0.6 is 0 Å². The minimum Gasteiger partial charge on any atom is -0.358 e. The molecule has 1 N–H and O–H groups in total. The third-order valence-corrected chi connectivity index (χ3v) is 4.14. The molecule has 0 aliphatic carbocycles. The standard InChI is InChI=1S/C16H20F2N2O2/c1-4-10-9-20(15(22)13(10)14(21)19-3)12-7-5-6-11(8-12)16(2,17)18/h5-8,10,13H,4,9H2,1-3H3,(H,19,21). The summed E-state index contributed by atoms with van der Waals surface area (Å²) in [4.78, 5) is 25.9. The van der Waals surface area contributed by atoms with Crippen molar-refractivity contribution in [3.8, 4) is 0 Å². The highest BCUT2D eigenvalue weighted by molar-refractivity contribution is 6.10. The van der Waals surface area contributed by atoms with Crippen LogP contribution in [0, 0.1) is 11.8 Å². The molecule has 1 saturated heterocycles. The average Bonchev–Trinajstić information content (AvgIpc) is 2.82. The first kappa shape index (κ1) is 16.4. The number of hydrogen-bond donors (Lipinski definition) is 1. The Labute approximate surface area is 128 Å². The molecule has 1 aliphatic heterocycles. The van der Waals surface area contributed by atoms with Gasteiger partial charge in [0.1, 0.15) is 5.92 Å². The summed E-state index contributed by atoms with van der Waals surface area (Å²) in [5, 5.41) is 2.50. The Hall–Kier alpha value is -1.98. The number of nitrogens with one attached hydrogen (secondary N) is 1. The molecule has 1 aromatic rings. The fourth-order valence-corrected chi connectivity index (χ4v) is 2.83. The maximum atomic E-state index is 13.5. The summed E-state index contributed by atoms with van der Waals surface area (Å²) in [5.74, 6) is -4.48. The van der Waals surface area contributed by atoms with Gasteiger partial charge >= 0.3 is 0 Å². The van der Waals surface area contributed by atoms with Crippen LogP contribution < -0.4 is 10.2 Å². The second kappa shape index (κ2) is 6.02. The van der Waals surface area contributed by atoms with Crippen LogP contribution in [0.25, 0.3) is 0 Å². The first-order valence-corrected chi connectivity index (χ1v) is 7.31. The molecule has 1 fully saturated rings. The summed E-state index contributed by atoms with van der Waals surface area (Å²) in [6.07, 6.45) is 0.671. The molecule has 2 unspecified atom stereocenters. The van der Waals surface area contributed by atoms with Gasteiger partial charge in [0, 0.05) is 31.8 Å². The molecule has 0 radical (unpaired) electrons. The number of carbonyl (C=O) groups excluding carboxylic acids is 2. The van der Waals surface area contributed by atoms with E-state index in [2.05, 4.69) is 5.32 Å². The SMILES string of the molecule is CCC1CN(c2cccc(C(C)(F)F)c2)C(=O)C1C(=O)NC. The normalized spacial score (nSPS) is 22.0. The van der Waals surface area contributed by atoms with Crippen LogP contribution in [0.2, 0.25) is 0 Å². The van der Waals surface area contributed by atoms with E-state index in [9.17, 15) is 18.4 Å². The summed E-state index contributed by atoms with van der Waals surface area (Å²) in [6, 6.07) is 5.77. The Balaban J connectivity index is 2.34. The lowest BCUT2D eigenvalue weighted by atomic mass is 9.92. The molecule has 0 saturated carbocycles. The smallest absolute Gasteiger partial charge is 0.270 e. The zero-order valence-corrected chi connectivity index (χ0v) is 12.9. The number of benzene rings is 1. The number of alkyl halides is 2. The van der Waals surface area contributed by atoms with E-state index >= 15 is 0 Å². The molecule has 1 aliphatic rings. The fraction of sp³-hybridized carbons (Fsp3) is 0.500. The molecule has 2 amide bonds. The molecule has 0 spiro atoms. The first-order chi connectivity index (χ1) is 10.3. The van der Waals surface area contributed by atoms with Crippen molar-refractivity contribution in [2.45, 2.75) is 26.2 Å². The predicted octanol–water partition coefficient (Wildman–Crippen LogP) is 2.53. The summed E-state index contributed by atoms with van der Waals surface area (Å²) >= 11 is 0. The van der Waals surface area contributed by atoms with E-state index in [0.29, 0.717) is 18.7 Å². The maximum absolute atomic E-state index is 13.5. The van der Waals surface area contributed by atoms with E-state index < -0.39 is 11.8 Å². The van der Waals surface area contributed by atoms with E-state index in [0.717, 1.165) is 6.92 Å². The zero-order chi connectivity index (χ0) is 16.5. The van der Waals surface area contributed by atoms with Gasteiger partial charge in [-0.2, -0.15) is 0 Å². The number of halogens is 2. The van der Waals surface area contributed by atoms with Gasteiger partial charge in [-0.3, -0.25) is 9.59 Å². The number of amides is 2. The monoisotopic (exact) mass is 310 g/mol. The van der Waals surface area contributed by atoms with Gasteiger partial charge in [0.05, 0.1) is 0 Å². The van der Waals surface area contributed by atoms with E-state index in [1.54, 1.807) is 6.07 Å². The van der Waals surface area contributed by atoms with Gasteiger partial charge in [0.2, 0.25) is 11.8 Å². The molecule has 2 rings (SSSR count). The zero-order valence-electron chi connectivity index (χ0n) is 12.9. The minimum absolute atomic E-state index is 0.113. The van der Waals surface area contributed by atoms with Crippen molar-refractivity contribution >= 4 is 17.5 Å². The molecule has 1 aromatic carbocycles. The van der Waals surface area contributed by atoms with Gasteiger partial charge in [-0.1, -0.05) is 25.5 Å². The van der Waals surface area contributed by atoms with Crippen molar-refractivity contribution in [3.63, 3.8) is 0 Å². The molecular formula is C16H20F2N2O2. The lowest BCUT2D eigenvalue weighted by Crippen LogP contribution is -2.36. The van der Waals surface area contributed by atoms with Crippen LogP contribution in [0.15, 0.2) is 24.3 Å². The quantitative estimate of drug-likeness (QED) is 0.869. The highest BCUT2D eigenvalue weighted by Crippen LogP contribution is 2.35. The Morgan fingerprint density at radius 2 is 2.14 bits per heavy atom. The Bertz CT molecular complexity index is 584. The van der Waals surface area contributed by atoms with Crippen molar-refractivity contribution in [2.24, 2.45) is 11.8 Å². The molecule has 0 aromatic heterocycles. The lowest BCUT2D eigenvalue weighted by molar-refractivity contribution is -0.133. The van der Waals surface area contributed by atoms with E-state index in [4.69, 9.17) is 0 Å². The minimum atomic E-state index is -2.97. The van der Waals surface area contributed by atoms with E-state index in [1.165, 1.54) is 30.1 Å². The van der Waals surface area contributed by atoms with Gasteiger partial charge in [-0.25, -0.2) is 8.78 Å². The fourth-order valence-electron chi connectivity index (χ4n) is 2.83. The largest absolute Gasteiger partial charge is 0.358 e. The van der Waals surface area contributed by atoms with E-state index in [1.807, 2.05) is 6.92 Å². The van der Waals surface area contributed by atoms with Crippen LogP contribution in [-0.4, -0.2) is 25.4 Å². The summed E-state index contributed by atoms with van der Waals surface area (Å²) in [6.45, 7) is 3.10. The Kier molecular flexibility index (Phi) is 4.49. The van der Waals surface area contributed by atoms with Gasteiger partial charge < -0.3 is 10.2 Å². The molecule has 120 valence electrons. The molecule has 6 heteroatoms. The predicted molar refractivity (Wildman–Crippen MR) is 79.7 cm³/mol. The van der Waals surface area contributed by atoms with E-state index in [-0.39, 0.29) is 23.3 Å². The number of hydrogen-bond acceptors (Lipinski definition) is 2. The molecule has 4 nitrogen and oxygen atoms in total. The van der Waals surface area contributed by atoms with Gasteiger partial charge in [0.15, 0.2) is 0 Å². The van der Waals surface area contributed by atoms with Crippen LogP contribution in [-0.2, 0) is 15.5 Å². The number of anilines is 1. The topological polar surface area (TPSA) is 49.4 Å². The molecule has 0 bridgehead atoms. The molecule has 1 heterocycles. The van der Waals surface area contributed by atoms with Crippen LogP contribution in [0.4, 0.5) is 14.5 Å². The maximum Gasteiger partial charge on any atom is 0.270 e. The van der Waals surface area contributed by atoms with Crippen molar-refractivity contribution in [1.82, 2.24) is 5.32 Å². The Morgan fingerprint density at radius 1 is 1.45 bits per heavy atom. The van der Waals surface area contributed by atoms with Gasteiger partial charge in [-0.15, -0.1) is 0 Å². The van der Waals surface area contributed by atoms with Crippen molar-refractivity contribution in [1.29, 1.82) is 0 Å². The second-order valence-electron chi connectivity index (χ2n) is 5.65. The van der Waals surface area contributed by atoms with Crippen molar-refractivity contribution < 1.29 is 18.4 Å². The molecular weight excluding hydrogens is 290 g/mol. The molecule has 22 heavy (non-hydrogen) atoms.